The average Bonchev–Trinajstić information content (AvgIpc) is 2.61. The molecule has 0 aromatic heterocycles. The van der Waals surface area contributed by atoms with Gasteiger partial charge in [-0.1, -0.05) is 35.9 Å². The molecule has 8 heteroatoms. The minimum absolute atomic E-state index is 0.0401. The van der Waals surface area contributed by atoms with Gasteiger partial charge in [-0.05, 0) is 29.8 Å². The fourth-order valence-electron chi connectivity index (χ4n) is 2.81. The molecule has 1 fully saturated rings. The molecular weight excluding hydrogens is 362 g/mol. The number of sulfonamides is 1. The van der Waals surface area contributed by atoms with Gasteiger partial charge in [0.25, 0.3) is 0 Å². The van der Waals surface area contributed by atoms with E-state index < -0.39 is 22.0 Å². The Morgan fingerprint density at radius 1 is 1.20 bits per heavy atom. The molecule has 1 unspecified atom stereocenters. The maximum absolute atomic E-state index is 13.1. The highest BCUT2D eigenvalue weighted by Gasteiger charge is 2.40. The smallest absolute Gasteiger partial charge is 0.245 e. The Morgan fingerprint density at radius 3 is 2.68 bits per heavy atom. The molecule has 0 saturated carbocycles. The number of benzene rings is 2. The third-order valence-electron chi connectivity index (χ3n) is 3.93. The molecular formula is C17H14ClN3O3S. The average molecular weight is 376 g/mol. The minimum atomic E-state index is -4.04. The van der Waals surface area contributed by atoms with E-state index in [-0.39, 0.29) is 23.5 Å². The van der Waals surface area contributed by atoms with Crippen LogP contribution in [0.5, 0.6) is 0 Å². The highest BCUT2D eigenvalue weighted by atomic mass is 35.5. The van der Waals surface area contributed by atoms with Crippen LogP contribution < -0.4 is 5.32 Å². The van der Waals surface area contributed by atoms with E-state index in [0.717, 1.165) is 4.31 Å². The Balaban J connectivity index is 2.12. The van der Waals surface area contributed by atoms with Crippen LogP contribution in [0.15, 0.2) is 53.4 Å². The largest absolute Gasteiger partial charge is 0.353 e. The van der Waals surface area contributed by atoms with Gasteiger partial charge >= 0.3 is 0 Å². The van der Waals surface area contributed by atoms with Gasteiger partial charge in [0.1, 0.15) is 12.1 Å². The molecule has 128 valence electrons. The summed E-state index contributed by atoms with van der Waals surface area (Å²) in [4.78, 5) is 12.3. The van der Waals surface area contributed by atoms with Crippen LogP contribution >= 0.6 is 11.6 Å². The summed E-state index contributed by atoms with van der Waals surface area (Å²) in [5, 5.41) is 12.3. The number of halogens is 1. The molecule has 1 saturated heterocycles. The molecule has 0 radical (unpaired) electrons. The van der Waals surface area contributed by atoms with E-state index in [9.17, 15) is 18.5 Å². The Bertz CT molecular complexity index is 969. The molecule has 0 spiro atoms. The van der Waals surface area contributed by atoms with Crippen molar-refractivity contribution in [3.05, 3.63) is 64.7 Å². The zero-order valence-electron chi connectivity index (χ0n) is 13.0. The molecule has 25 heavy (non-hydrogen) atoms. The SMILES string of the molecule is N#Cc1ccccc1S(=O)(=O)N1CCNC(=O)C1c1cccc(Cl)c1. The topological polar surface area (TPSA) is 90.3 Å². The summed E-state index contributed by atoms with van der Waals surface area (Å²) >= 11 is 6.00. The molecule has 0 aliphatic carbocycles. The van der Waals surface area contributed by atoms with Gasteiger partial charge in [0.2, 0.25) is 15.9 Å². The summed E-state index contributed by atoms with van der Waals surface area (Å²) in [6.45, 7) is 0.300. The molecule has 2 aromatic rings. The first kappa shape index (κ1) is 17.4. The van der Waals surface area contributed by atoms with Crippen molar-refractivity contribution in [2.45, 2.75) is 10.9 Å². The van der Waals surface area contributed by atoms with Crippen LogP contribution in [0, 0.1) is 11.3 Å². The lowest BCUT2D eigenvalue weighted by atomic mass is 10.0. The summed E-state index contributed by atoms with van der Waals surface area (Å²) in [5.41, 5.74) is 0.515. The van der Waals surface area contributed by atoms with E-state index in [1.807, 2.05) is 6.07 Å². The van der Waals surface area contributed by atoms with Gasteiger partial charge in [0.05, 0.1) is 10.5 Å². The second kappa shape index (κ2) is 6.84. The number of nitriles is 1. The normalized spacial score (nSPS) is 18.4. The molecule has 1 heterocycles. The Morgan fingerprint density at radius 2 is 1.96 bits per heavy atom. The molecule has 0 bridgehead atoms. The number of hydrogen-bond donors (Lipinski definition) is 1. The number of carbonyl (C=O) groups is 1. The lowest BCUT2D eigenvalue weighted by Gasteiger charge is -2.34. The zero-order chi connectivity index (χ0) is 18.0. The van der Waals surface area contributed by atoms with Gasteiger partial charge in [-0.25, -0.2) is 8.42 Å². The second-order valence-corrected chi connectivity index (χ2v) is 7.77. The molecule has 2 aromatic carbocycles. The summed E-state index contributed by atoms with van der Waals surface area (Å²) < 4.78 is 27.4. The Hall–Kier alpha value is -2.40. The second-order valence-electron chi connectivity index (χ2n) is 5.47. The predicted octanol–water partition coefficient (Wildman–Crippen LogP) is 2.07. The van der Waals surface area contributed by atoms with Gasteiger partial charge in [-0.3, -0.25) is 4.79 Å². The number of piperazine rings is 1. The first-order chi connectivity index (χ1) is 11.9. The van der Waals surface area contributed by atoms with E-state index in [0.29, 0.717) is 10.6 Å². The summed E-state index contributed by atoms with van der Waals surface area (Å²) in [6, 6.07) is 13.3. The molecule has 1 atom stereocenters. The van der Waals surface area contributed by atoms with Gasteiger partial charge < -0.3 is 5.32 Å². The van der Waals surface area contributed by atoms with E-state index in [2.05, 4.69) is 5.32 Å². The van der Waals surface area contributed by atoms with Crippen LogP contribution in [0.4, 0.5) is 0 Å². The summed E-state index contributed by atoms with van der Waals surface area (Å²) in [7, 11) is -4.04. The fourth-order valence-corrected chi connectivity index (χ4v) is 4.73. The highest BCUT2D eigenvalue weighted by molar-refractivity contribution is 7.89. The lowest BCUT2D eigenvalue weighted by molar-refractivity contribution is -0.126. The number of amides is 1. The van der Waals surface area contributed by atoms with E-state index in [1.54, 1.807) is 36.4 Å². The van der Waals surface area contributed by atoms with Gasteiger partial charge in [-0.15, -0.1) is 0 Å². The monoisotopic (exact) mass is 375 g/mol. The van der Waals surface area contributed by atoms with Crippen molar-refractivity contribution in [1.82, 2.24) is 9.62 Å². The van der Waals surface area contributed by atoms with Crippen molar-refractivity contribution in [1.29, 1.82) is 5.26 Å². The number of rotatable bonds is 3. The lowest BCUT2D eigenvalue weighted by Crippen LogP contribution is -2.52. The van der Waals surface area contributed by atoms with Gasteiger partial charge in [0.15, 0.2) is 0 Å². The first-order valence-electron chi connectivity index (χ1n) is 7.49. The highest BCUT2D eigenvalue weighted by Crippen LogP contribution is 2.31. The molecule has 1 N–H and O–H groups in total. The van der Waals surface area contributed by atoms with Crippen molar-refractivity contribution < 1.29 is 13.2 Å². The third kappa shape index (κ3) is 3.24. The predicted molar refractivity (Wildman–Crippen MR) is 92.3 cm³/mol. The standard InChI is InChI=1S/C17H14ClN3O3S/c18-14-6-3-5-12(10-14)16-17(22)20-8-9-21(16)25(23,24)15-7-2-1-4-13(15)11-19/h1-7,10,16H,8-9H2,(H,20,22). The van der Waals surface area contributed by atoms with Crippen molar-refractivity contribution in [3.8, 4) is 6.07 Å². The van der Waals surface area contributed by atoms with Crippen LogP contribution in [0.25, 0.3) is 0 Å². The minimum Gasteiger partial charge on any atom is -0.353 e. The molecule has 1 aliphatic heterocycles. The van der Waals surface area contributed by atoms with Gasteiger partial charge in [-0.2, -0.15) is 9.57 Å². The van der Waals surface area contributed by atoms with E-state index >= 15 is 0 Å². The van der Waals surface area contributed by atoms with Crippen molar-refractivity contribution in [2.75, 3.05) is 13.1 Å². The Kier molecular flexibility index (Phi) is 4.77. The summed E-state index contributed by atoms with van der Waals surface area (Å²) in [5.74, 6) is -0.425. The first-order valence-corrected chi connectivity index (χ1v) is 9.31. The number of nitrogens with zero attached hydrogens (tertiary/aromatic N) is 2. The number of hydrogen-bond acceptors (Lipinski definition) is 4. The molecule has 1 aliphatic rings. The maximum atomic E-state index is 13.1. The van der Waals surface area contributed by atoms with Gasteiger partial charge in [0, 0.05) is 18.1 Å². The van der Waals surface area contributed by atoms with Crippen LogP contribution in [0.3, 0.4) is 0 Å². The van der Waals surface area contributed by atoms with Crippen molar-refractivity contribution in [2.24, 2.45) is 0 Å². The van der Waals surface area contributed by atoms with E-state index in [1.165, 1.54) is 12.1 Å². The molecule has 3 rings (SSSR count). The molecule has 1 amide bonds. The molecule has 6 nitrogen and oxygen atoms in total. The van der Waals surface area contributed by atoms with Crippen molar-refractivity contribution in [3.63, 3.8) is 0 Å². The maximum Gasteiger partial charge on any atom is 0.245 e. The zero-order valence-corrected chi connectivity index (χ0v) is 14.6. The van der Waals surface area contributed by atoms with Crippen LogP contribution in [0.2, 0.25) is 5.02 Å². The van der Waals surface area contributed by atoms with Crippen LogP contribution in [-0.2, 0) is 14.8 Å². The van der Waals surface area contributed by atoms with Crippen molar-refractivity contribution >= 4 is 27.5 Å². The number of carbonyl (C=O) groups excluding carboxylic acids is 1. The third-order valence-corrected chi connectivity index (χ3v) is 6.08. The fraction of sp³-hybridized carbons (Fsp3) is 0.176. The quantitative estimate of drug-likeness (QED) is 0.889. The number of nitrogens with one attached hydrogen (secondary N) is 1. The van der Waals surface area contributed by atoms with E-state index in [4.69, 9.17) is 11.6 Å². The van der Waals surface area contributed by atoms with Crippen LogP contribution in [0.1, 0.15) is 17.2 Å². The van der Waals surface area contributed by atoms with Crippen LogP contribution in [-0.4, -0.2) is 31.7 Å². The summed E-state index contributed by atoms with van der Waals surface area (Å²) in [6.07, 6.45) is 0. The Labute approximate surface area is 150 Å².